The van der Waals surface area contributed by atoms with E-state index in [1.165, 1.54) is 6.07 Å². The van der Waals surface area contributed by atoms with Gasteiger partial charge in [0, 0.05) is 11.6 Å². The van der Waals surface area contributed by atoms with Crippen LogP contribution in [0.25, 0.3) is 0 Å². The molecule has 0 aliphatic carbocycles. The fraction of sp³-hybridized carbons (Fsp3) is 0.235. The molecule has 0 radical (unpaired) electrons. The van der Waals surface area contributed by atoms with Crippen molar-refractivity contribution in [3.63, 3.8) is 0 Å². The van der Waals surface area contributed by atoms with Gasteiger partial charge in [-0.25, -0.2) is 8.78 Å². The lowest BCUT2D eigenvalue weighted by molar-refractivity contribution is -0.709. The highest BCUT2D eigenvalue weighted by Crippen LogP contribution is 2.15. The van der Waals surface area contributed by atoms with Crippen LogP contribution in [-0.4, -0.2) is 11.9 Å². The van der Waals surface area contributed by atoms with E-state index in [4.69, 9.17) is 0 Å². The summed E-state index contributed by atoms with van der Waals surface area (Å²) in [4.78, 5) is 12.1. The number of halogens is 2. The lowest BCUT2D eigenvalue weighted by Crippen LogP contribution is -2.91. The van der Waals surface area contributed by atoms with Crippen molar-refractivity contribution in [2.24, 2.45) is 0 Å². The van der Waals surface area contributed by atoms with E-state index in [0.29, 0.717) is 0 Å². The van der Waals surface area contributed by atoms with Crippen LogP contribution >= 0.6 is 0 Å². The van der Waals surface area contributed by atoms with Gasteiger partial charge in [-0.1, -0.05) is 30.3 Å². The summed E-state index contributed by atoms with van der Waals surface area (Å²) in [5, 5.41) is 4.38. The minimum absolute atomic E-state index is 0.0148. The van der Waals surface area contributed by atoms with Crippen molar-refractivity contribution in [1.29, 1.82) is 0 Å². The molecule has 2 rings (SSSR count). The van der Waals surface area contributed by atoms with Crippen molar-refractivity contribution in [3.05, 3.63) is 65.7 Å². The van der Waals surface area contributed by atoms with Gasteiger partial charge in [-0.15, -0.1) is 0 Å². The zero-order valence-electron chi connectivity index (χ0n) is 12.5. The largest absolute Gasteiger partial charge is 0.330 e. The molecule has 2 aromatic carbocycles. The zero-order valence-corrected chi connectivity index (χ0v) is 12.5. The number of nitrogens with one attached hydrogen (secondary N) is 1. The van der Waals surface area contributed by atoms with Crippen molar-refractivity contribution >= 4 is 11.6 Å². The van der Waals surface area contributed by atoms with Gasteiger partial charge in [0.05, 0.1) is 5.69 Å². The van der Waals surface area contributed by atoms with Crippen molar-refractivity contribution < 1.29 is 18.9 Å². The highest BCUT2D eigenvalue weighted by atomic mass is 19.1. The minimum Gasteiger partial charge on any atom is -0.330 e. The molecule has 5 heteroatoms. The maximum atomic E-state index is 13.5. The Bertz CT molecular complexity index is 646. The molecule has 2 atom stereocenters. The Morgan fingerprint density at radius 1 is 1.09 bits per heavy atom. The molecule has 0 heterocycles. The topological polar surface area (TPSA) is 45.7 Å². The van der Waals surface area contributed by atoms with Crippen LogP contribution < -0.4 is 10.6 Å². The quantitative estimate of drug-likeness (QED) is 0.876. The lowest BCUT2D eigenvalue weighted by Gasteiger charge is -2.17. The molecule has 2 aromatic rings. The molecule has 0 aliphatic rings. The number of hydrogen-bond acceptors (Lipinski definition) is 1. The highest BCUT2D eigenvalue weighted by Gasteiger charge is 2.21. The number of benzene rings is 2. The number of carbonyl (C=O) groups excluding carboxylic acids is 1. The third-order valence-corrected chi connectivity index (χ3v) is 3.51. The van der Waals surface area contributed by atoms with E-state index in [1.807, 2.05) is 42.6 Å². The molecule has 22 heavy (non-hydrogen) atoms. The van der Waals surface area contributed by atoms with E-state index < -0.39 is 17.7 Å². The minimum atomic E-state index is -0.781. The van der Waals surface area contributed by atoms with Gasteiger partial charge in [0.15, 0.2) is 6.04 Å². The van der Waals surface area contributed by atoms with Crippen LogP contribution in [0, 0.1) is 11.6 Å². The summed E-state index contributed by atoms with van der Waals surface area (Å²) in [5.41, 5.74) is 1.09. The first kappa shape index (κ1) is 16.1. The van der Waals surface area contributed by atoms with Crippen LogP contribution in [0.4, 0.5) is 14.5 Å². The lowest BCUT2D eigenvalue weighted by atomic mass is 10.1. The van der Waals surface area contributed by atoms with E-state index >= 15 is 0 Å². The maximum absolute atomic E-state index is 13.5. The van der Waals surface area contributed by atoms with E-state index in [1.54, 1.807) is 6.92 Å². The summed E-state index contributed by atoms with van der Waals surface area (Å²) >= 11 is 0. The van der Waals surface area contributed by atoms with Crippen molar-refractivity contribution in [1.82, 2.24) is 0 Å². The molecule has 1 amide bonds. The fourth-order valence-electron chi connectivity index (χ4n) is 2.23. The van der Waals surface area contributed by atoms with Crippen molar-refractivity contribution in [2.45, 2.75) is 25.9 Å². The molecule has 3 N–H and O–H groups in total. The highest BCUT2D eigenvalue weighted by molar-refractivity contribution is 5.93. The summed E-state index contributed by atoms with van der Waals surface area (Å²) in [6.45, 7) is 3.74. The summed E-state index contributed by atoms with van der Waals surface area (Å²) < 4.78 is 26.4. The molecule has 0 saturated carbocycles. The molecular weight excluding hydrogens is 286 g/mol. The van der Waals surface area contributed by atoms with Crippen molar-refractivity contribution in [3.8, 4) is 0 Å². The van der Waals surface area contributed by atoms with Crippen LogP contribution in [0.15, 0.2) is 48.5 Å². The molecule has 0 saturated heterocycles. The van der Waals surface area contributed by atoms with Gasteiger partial charge in [0.25, 0.3) is 5.91 Å². The second-order valence-corrected chi connectivity index (χ2v) is 5.29. The van der Waals surface area contributed by atoms with Gasteiger partial charge < -0.3 is 10.6 Å². The van der Waals surface area contributed by atoms with Gasteiger partial charge in [-0.05, 0) is 26.0 Å². The first-order valence-electron chi connectivity index (χ1n) is 7.13. The summed E-state index contributed by atoms with van der Waals surface area (Å²) in [6, 6.07) is 12.6. The number of carbonyl (C=O) groups is 1. The molecular formula is C17H19F2N2O+. The summed E-state index contributed by atoms with van der Waals surface area (Å²) in [5.74, 6) is -1.78. The first-order valence-corrected chi connectivity index (χ1v) is 7.13. The predicted octanol–water partition coefficient (Wildman–Crippen LogP) is 2.62. The number of hydrogen-bond donors (Lipinski definition) is 2. The third-order valence-electron chi connectivity index (χ3n) is 3.51. The normalized spacial score (nSPS) is 13.5. The van der Waals surface area contributed by atoms with Gasteiger partial charge in [0.2, 0.25) is 0 Å². The summed E-state index contributed by atoms with van der Waals surface area (Å²) in [6.07, 6.45) is 0. The smallest absolute Gasteiger partial charge is 0.282 e. The van der Waals surface area contributed by atoms with E-state index in [-0.39, 0.29) is 17.6 Å². The van der Waals surface area contributed by atoms with Gasteiger partial charge in [-0.2, -0.15) is 0 Å². The van der Waals surface area contributed by atoms with Crippen LogP contribution in [0.2, 0.25) is 0 Å². The van der Waals surface area contributed by atoms with Gasteiger partial charge >= 0.3 is 0 Å². The molecule has 116 valence electrons. The average molecular weight is 305 g/mol. The molecule has 3 nitrogen and oxygen atoms in total. The van der Waals surface area contributed by atoms with Crippen LogP contribution in [-0.2, 0) is 4.79 Å². The summed E-state index contributed by atoms with van der Waals surface area (Å²) in [7, 11) is 0. The van der Waals surface area contributed by atoms with Crippen LogP contribution in [0.3, 0.4) is 0 Å². The molecule has 0 unspecified atom stereocenters. The number of rotatable bonds is 5. The third kappa shape index (κ3) is 4.11. The Labute approximate surface area is 128 Å². The Hall–Kier alpha value is -2.27. The van der Waals surface area contributed by atoms with Crippen LogP contribution in [0.5, 0.6) is 0 Å². The number of anilines is 1. The van der Waals surface area contributed by atoms with Gasteiger partial charge in [0.1, 0.15) is 17.7 Å². The number of amides is 1. The Kier molecular flexibility index (Phi) is 5.22. The first-order chi connectivity index (χ1) is 10.5. The predicted molar refractivity (Wildman–Crippen MR) is 81.2 cm³/mol. The molecule has 0 spiro atoms. The SMILES string of the molecule is C[C@H]([NH2+][C@H](C)c1ccccc1)C(=O)Nc1ccc(F)cc1F. The van der Waals surface area contributed by atoms with Crippen LogP contribution in [0.1, 0.15) is 25.5 Å². The molecule has 0 aromatic heterocycles. The standard InChI is InChI=1S/C17H18F2N2O/c1-11(13-6-4-3-5-7-13)20-12(2)17(22)21-16-9-8-14(18)10-15(16)19/h3-12,20H,1-2H3,(H,21,22)/p+1/t11-,12+/m1/s1. The monoisotopic (exact) mass is 305 g/mol. The Balaban J connectivity index is 1.97. The Morgan fingerprint density at radius 2 is 1.77 bits per heavy atom. The molecule has 0 fully saturated rings. The zero-order chi connectivity index (χ0) is 16.1. The second-order valence-electron chi connectivity index (χ2n) is 5.29. The number of quaternary nitrogens is 1. The van der Waals surface area contributed by atoms with E-state index in [9.17, 15) is 13.6 Å². The van der Waals surface area contributed by atoms with Crippen molar-refractivity contribution in [2.75, 3.05) is 5.32 Å². The second kappa shape index (κ2) is 7.13. The average Bonchev–Trinajstić information content (AvgIpc) is 2.50. The van der Waals surface area contributed by atoms with Gasteiger partial charge in [-0.3, -0.25) is 4.79 Å². The molecule has 0 aliphatic heterocycles. The number of nitrogens with two attached hydrogens (primary N) is 1. The molecule has 0 bridgehead atoms. The maximum Gasteiger partial charge on any atom is 0.282 e. The van der Waals surface area contributed by atoms with E-state index in [2.05, 4.69) is 5.32 Å². The Morgan fingerprint density at radius 3 is 2.41 bits per heavy atom. The fourth-order valence-corrected chi connectivity index (χ4v) is 2.23. The van der Waals surface area contributed by atoms with E-state index in [0.717, 1.165) is 17.7 Å².